The lowest BCUT2D eigenvalue weighted by molar-refractivity contribution is 0.0389. The number of nitrogens with one attached hydrogen (secondary N) is 1. The molecule has 5 nitrogen and oxygen atoms in total. The van der Waals surface area contributed by atoms with Crippen molar-refractivity contribution in [3.63, 3.8) is 0 Å². The lowest BCUT2D eigenvalue weighted by atomic mass is 10.2. The number of hydrogen-bond acceptors (Lipinski definition) is 4. The summed E-state index contributed by atoms with van der Waals surface area (Å²) >= 11 is 0. The molecule has 1 rings (SSSR count). The standard InChI is InChI=1S/C13H19NO4/c1-3-14-13(16)18-9-11(15)8-17-12-7-5-4-6-10(12)2/h4-7,11,15H,3,8-9H2,1-2H3,(H,14,16). The summed E-state index contributed by atoms with van der Waals surface area (Å²) in [6, 6.07) is 7.52. The summed E-state index contributed by atoms with van der Waals surface area (Å²) in [6.45, 7) is 4.21. The zero-order valence-corrected chi connectivity index (χ0v) is 10.7. The Kier molecular flexibility index (Phi) is 6.00. The highest BCUT2D eigenvalue weighted by Crippen LogP contribution is 2.16. The number of amides is 1. The molecule has 0 aliphatic heterocycles. The Morgan fingerprint density at radius 2 is 2.11 bits per heavy atom. The van der Waals surface area contributed by atoms with Crippen molar-refractivity contribution in [2.24, 2.45) is 0 Å². The second-order valence-electron chi connectivity index (χ2n) is 3.86. The molecule has 0 radical (unpaired) electrons. The van der Waals surface area contributed by atoms with E-state index in [0.29, 0.717) is 6.54 Å². The maximum atomic E-state index is 11.0. The van der Waals surface area contributed by atoms with Gasteiger partial charge in [0.05, 0.1) is 0 Å². The first-order chi connectivity index (χ1) is 8.63. The zero-order chi connectivity index (χ0) is 13.4. The van der Waals surface area contributed by atoms with E-state index in [9.17, 15) is 9.90 Å². The fourth-order valence-corrected chi connectivity index (χ4v) is 1.32. The minimum atomic E-state index is -0.841. The van der Waals surface area contributed by atoms with E-state index in [2.05, 4.69) is 5.32 Å². The molecule has 1 aromatic carbocycles. The highest BCUT2D eigenvalue weighted by atomic mass is 16.6. The first-order valence-electron chi connectivity index (χ1n) is 5.90. The largest absolute Gasteiger partial charge is 0.490 e. The van der Waals surface area contributed by atoms with Crippen LogP contribution in [0.25, 0.3) is 0 Å². The summed E-state index contributed by atoms with van der Waals surface area (Å²) in [4.78, 5) is 11.0. The molecule has 5 heteroatoms. The van der Waals surface area contributed by atoms with Crippen molar-refractivity contribution >= 4 is 6.09 Å². The Bertz CT molecular complexity index is 381. The maximum Gasteiger partial charge on any atom is 0.407 e. The summed E-state index contributed by atoms with van der Waals surface area (Å²) in [5, 5.41) is 12.1. The molecule has 0 aliphatic carbocycles. The number of hydrogen-bond donors (Lipinski definition) is 2. The lowest BCUT2D eigenvalue weighted by Gasteiger charge is -2.14. The summed E-state index contributed by atoms with van der Waals surface area (Å²) in [5.41, 5.74) is 0.995. The average molecular weight is 253 g/mol. The Hall–Kier alpha value is -1.75. The van der Waals surface area contributed by atoms with E-state index in [4.69, 9.17) is 9.47 Å². The van der Waals surface area contributed by atoms with E-state index in [0.717, 1.165) is 11.3 Å². The van der Waals surface area contributed by atoms with Crippen LogP contribution in [0.2, 0.25) is 0 Å². The van der Waals surface area contributed by atoms with Gasteiger partial charge in [0.1, 0.15) is 25.1 Å². The van der Waals surface area contributed by atoms with E-state index >= 15 is 0 Å². The second-order valence-corrected chi connectivity index (χ2v) is 3.86. The summed E-state index contributed by atoms with van der Waals surface area (Å²) in [5.74, 6) is 0.717. The van der Waals surface area contributed by atoms with Crippen LogP contribution in [0, 0.1) is 6.92 Å². The molecule has 0 saturated carbocycles. The molecule has 18 heavy (non-hydrogen) atoms. The SMILES string of the molecule is CCNC(=O)OCC(O)COc1ccccc1C. The Balaban J connectivity index is 2.27. The topological polar surface area (TPSA) is 67.8 Å². The minimum absolute atomic E-state index is 0.0856. The van der Waals surface area contributed by atoms with Crippen LogP contribution in [-0.4, -0.2) is 37.1 Å². The van der Waals surface area contributed by atoms with Crippen molar-refractivity contribution in [2.75, 3.05) is 19.8 Å². The van der Waals surface area contributed by atoms with E-state index < -0.39 is 12.2 Å². The molecule has 0 bridgehead atoms. The third-order valence-electron chi connectivity index (χ3n) is 2.25. The first-order valence-corrected chi connectivity index (χ1v) is 5.90. The normalized spacial score (nSPS) is 11.7. The fraction of sp³-hybridized carbons (Fsp3) is 0.462. The van der Waals surface area contributed by atoms with Gasteiger partial charge in [-0.3, -0.25) is 0 Å². The lowest BCUT2D eigenvalue weighted by Crippen LogP contribution is -2.30. The molecule has 2 N–H and O–H groups in total. The fourth-order valence-electron chi connectivity index (χ4n) is 1.32. The maximum absolute atomic E-state index is 11.0. The highest BCUT2D eigenvalue weighted by Gasteiger charge is 2.09. The van der Waals surface area contributed by atoms with Crippen LogP contribution in [0.15, 0.2) is 24.3 Å². The number of aliphatic hydroxyl groups is 1. The van der Waals surface area contributed by atoms with Crippen LogP contribution in [0.1, 0.15) is 12.5 Å². The van der Waals surface area contributed by atoms with Crippen molar-refractivity contribution in [3.05, 3.63) is 29.8 Å². The number of carbonyl (C=O) groups excluding carboxylic acids is 1. The highest BCUT2D eigenvalue weighted by molar-refractivity contribution is 5.66. The number of benzene rings is 1. The molecule has 1 unspecified atom stereocenters. The average Bonchev–Trinajstić information content (AvgIpc) is 2.36. The van der Waals surface area contributed by atoms with Crippen molar-refractivity contribution in [3.8, 4) is 5.75 Å². The van der Waals surface area contributed by atoms with Gasteiger partial charge in [-0.2, -0.15) is 0 Å². The predicted molar refractivity (Wildman–Crippen MR) is 67.7 cm³/mol. The molecular formula is C13H19NO4. The molecular weight excluding hydrogens is 234 g/mol. The number of carbonyl (C=O) groups is 1. The minimum Gasteiger partial charge on any atom is -0.490 e. The molecule has 0 fully saturated rings. The van der Waals surface area contributed by atoms with Gasteiger partial charge in [0.2, 0.25) is 0 Å². The van der Waals surface area contributed by atoms with Gasteiger partial charge in [-0.05, 0) is 25.5 Å². The van der Waals surface area contributed by atoms with Crippen molar-refractivity contribution in [1.82, 2.24) is 5.32 Å². The summed E-state index contributed by atoms with van der Waals surface area (Å²) < 4.78 is 10.2. The molecule has 0 aliphatic rings. The number of rotatable bonds is 6. The van der Waals surface area contributed by atoms with Crippen molar-refractivity contribution in [1.29, 1.82) is 0 Å². The molecule has 0 spiro atoms. The summed E-state index contributed by atoms with van der Waals surface area (Å²) in [7, 11) is 0. The Morgan fingerprint density at radius 1 is 1.39 bits per heavy atom. The molecule has 0 aromatic heterocycles. The number of para-hydroxylation sites is 1. The van der Waals surface area contributed by atoms with Gasteiger partial charge in [0.25, 0.3) is 0 Å². The number of ether oxygens (including phenoxy) is 2. The first kappa shape index (κ1) is 14.3. The Labute approximate surface area is 107 Å². The number of aryl methyl sites for hydroxylation is 1. The predicted octanol–water partition coefficient (Wildman–Crippen LogP) is 1.48. The summed E-state index contributed by atoms with van der Waals surface area (Å²) in [6.07, 6.45) is -1.38. The van der Waals surface area contributed by atoms with Gasteiger partial charge in [-0.25, -0.2) is 4.79 Å². The van der Waals surface area contributed by atoms with Gasteiger partial charge in [0, 0.05) is 6.54 Å². The molecule has 0 saturated heterocycles. The monoisotopic (exact) mass is 253 g/mol. The number of alkyl carbamates (subject to hydrolysis) is 1. The molecule has 1 amide bonds. The van der Waals surface area contributed by atoms with Gasteiger partial charge >= 0.3 is 6.09 Å². The molecule has 100 valence electrons. The third-order valence-corrected chi connectivity index (χ3v) is 2.25. The molecule has 1 aromatic rings. The van der Waals surface area contributed by atoms with Crippen LogP contribution in [0.3, 0.4) is 0 Å². The van der Waals surface area contributed by atoms with E-state index in [1.807, 2.05) is 31.2 Å². The number of aliphatic hydroxyl groups excluding tert-OH is 1. The van der Waals surface area contributed by atoms with Crippen LogP contribution < -0.4 is 10.1 Å². The van der Waals surface area contributed by atoms with Crippen molar-refractivity contribution in [2.45, 2.75) is 20.0 Å². The van der Waals surface area contributed by atoms with Gasteiger partial charge < -0.3 is 19.9 Å². The molecule has 0 heterocycles. The van der Waals surface area contributed by atoms with Crippen LogP contribution in [0.4, 0.5) is 4.79 Å². The third kappa shape index (κ3) is 5.05. The Morgan fingerprint density at radius 3 is 2.78 bits per heavy atom. The second kappa shape index (κ2) is 7.55. The van der Waals surface area contributed by atoms with Crippen LogP contribution in [-0.2, 0) is 4.74 Å². The smallest absolute Gasteiger partial charge is 0.407 e. The molecule has 1 atom stereocenters. The van der Waals surface area contributed by atoms with Crippen molar-refractivity contribution < 1.29 is 19.4 Å². The van der Waals surface area contributed by atoms with Gasteiger partial charge in [-0.1, -0.05) is 18.2 Å². The van der Waals surface area contributed by atoms with Crippen LogP contribution >= 0.6 is 0 Å². The quantitative estimate of drug-likeness (QED) is 0.805. The van der Waals surface area contributed by atoms with E-state index in [1.165, 1.54) is 0 Å². The van der Waals surface area contributed by atoms with E-state index in [-0.39, 0.29) is 13.2 Å². The van der Waals surface area contributed by atoms with Gasteiger partial charge in [-0.15, -0.1) is 0 Å². The zero-order valence-electron chi connectivity index (χ0n) is 10.7. The van der Waals surface area contributed by atoms with E-state index in [1.54, 1.807) is 6.92 Å². The van der Waals surface area contributed by atoms with Crippen LogP contribution in [0.5, 0.6) is 5.75 Å². The van der Waals surface area contributed by atoms with Gasteiger partial charge in [0.15, 0.2) is 0 Å².